The second-order valence-corrected chi connectivity index (χ2v) is 7.28. The van der Waals surface area contributed by atoms with Crippen LogP contribution in [0.2, 0.25) is 5.02 Å². The van der Waals surface area contributed by atoms with Crippen LogP contribution in [-0.2, 0) is 17.6 Å². The number of rotatable bonds is 1. The zero-order valence-corrected chi connectivity index (χ0v) is 16.2. The fraction of sp³-hybridized carbons (Fsp3) is 0.364. The van der Waals surface area contributed by atoms with Crippen LogP contribution in [0.25, 0.3) is 5.57 Å². The Morgan fingerprint density at radius 2 is 2.00 bits per heavy atom. The Bertz CT molecular complexity index is 948. The first-order chi connectivity index (χ1) is 13.6. The molecule has 4 rings (SSSR count). The number of nitrogens with zero attached hydrogens (tertiary/aromatic N) is 2. The average Bonchev–Trinajstić information content (AvgIpc) is 2.88. The third-order valence-electron chi connectivity index (χ3n) is 5.28. The number of carbonyl (C=O) groups is 1. The van der Waals surface area contributed by atoms with Gasteiger partial charge in [-0.25, -0.2) is 4.79 Å². The largest absolute Gasteiger partial charge is 0.450 e. The van der Waals surface area contributed by atoms with E-state index in [0.717, 1.165) is 48.1 Å². The number of halogens is 1. The SMILES string of the molecule is [2H]c1c(Cl)ccc2c1CCc1cccnc1C2=C1CCN(C(=O)OCC)CC1. The second kappa shape index (κ2) is 7.73. The Balaban J connectivity index is 1.79. The van der Waals surface area contributed by atoms with Gasteiger partial charge in [0, 0.05) is 29.9 Å². The second-order valence-electron chi connectivity index (χ2n) is 6.87. The van der Waals surface area contributed by atoms with Crippen LogP contribution < -0.4 is 0 Å². The number of fused-ring (bicyclic) bond motifs is 2. The van der Waals surface area contributed by atoms with Crippen molar-refractivity contribution >= 4 is 23.3 Å². The van der Waals surface area contributed by atoms with Crippen molar-refractivity contribution in [2.75, 3.05) is 19.7 Å². The van der Waals surface area contributed by atoms with E-state index in [9.17, 15) is 4.79 Å². The fourth-order valence-corrected chi connectivity index (χ4v) is 4.15. The number of ether oxygens (including phenoxy) is 1. The highest BCUT2D eigenvalue weighted by Crippen LogP contribution is 2.38. The highest BCUT2D eigenvalue weighted by molar-refractivity contribution is 6.30. The van der Waals surface area contributed by atoms with Crippen LogP contribution in [0.1, 0.15) is 43.5 Å². The molecule has 1 amide bonds. The maximum atomic E-state index is 12.1. The van der Waals surface area contributed by atoms with E-state index >= 15 is 0 Å². The minimum absolute atomic E-state index is 0.244. The summed E-state index contributed by atoms with van der Waals surface area (Å²) in [7, 11) is 0. The highest BCUT2D eigenvalue weighted by atomic mass is 35.5. The first-order valence-electron chi connectivity index (χ1n) is 9.96. The molecule has 1 aliphatic carbocycles. The molecule has 0 atom stereocenters. The normalized spacial score (nSPS) is 17.0. The molecule has 0 N–H and O–H groups in total. The molecule has 1 aromatic heterocycles. The first-order valence-corrected chi connectivity index (χ1v) is 9.84. The van der Waals surface area contributed by atoms with Crippen LogP contribution in [0.5, 0.6) is 0 Å². The number of benzene rings is 1. The van der Waals surface area contributed by atoms with E-state index in [0.29, 0.717) is 30.8 Å². The van der Waals surface area contributed by atoms with Gasteiger partial charge in [-0.2, -0.15) is 0 Å². The number of hydrogen-bond donors (Lipinski definition) is 0. The molecule has 2 heterocycles. The van der Waals surface area contributed by atoms with Gasteiger partial charge in [0.25, 0.3) is 0 Å². The summed E-state index contributed by atoms with van der Waals surface area (Å²) in [6.07, 6.45) is 4.76. The summed E-state index contributed by atoms with van der Waals surface area (Å²) in [4.78, 5) is 18.5. The van der Waals surface area contributed by atoms with Crippen molar-refractivity contribution < 1.29 is 10.9 Å². The van der Waals surface area contributed by atoms with Crippen LogP contribution in [-0.4, -0.2) is 35.7 Å². The van der Waals surface area contributed by atoms with Crippen molar-refractivity contribution in [1.82, 2.24) is 9.88 Å². The van der Waals surface area contributed by atoms with E-state index in [4.69, 9.17) is 22.7 Å². The topological polar surface area (TPSA) is 42.4 Å². The number of hydrogen-bond acceptors (Lipinski definition) is 3. The average molecular weight is 384 g/mol. The van der Waals surface area contributed by atoms with Gasteiger partial charge in [0.2, 0.25) is 0 Å². The number of likely N-dealkylation sites (tertiary alicyclic amines) is 1. The van der Waals surface area contributed by atoms with Crippen LogP contribution >= 0.6 is 11.6 Å². The van der Waals surface area contributed by atoms with Crippen molar-refractivity contribution in [1.29, 1.82) is 0 Å². The lowest BCUT2D eigenvalue weighted by atomic mass is 9.88. The Morgan fingerprint density at radius 1 is 1.22 bits per heavy atom. The zero-order valence-electron chi connectivity index (χ0n) is 16.4. The number of piperidine rings is 1. The van der Waals surface area contributed by atoms with Crippen LogP contribution in [0.3, 0.4) is 0 Å². The van der Waals surface area contributed by atoms with E-state index in [1.807, 2.05) is 31.3 Å². The number of carbonyl (C=O) groups excluding carboxylic acids is 1. The molecule has 0 bridgehead atoms. The molecule has 2 aliphatic rings. The summed E-state index contributed by atoms with van der Waals surface area (Å²) in [5.74, 6) is 0. The van der Waals surface area contributed by atoms with Gasteiger partial charge in [0.1, 0.15) is 0 Å². The molecule has 27 heavy (non-hydrogen) atoms. The molecule has 1 fully saturated rings. The zero-order chi connectivity index (χ0) is 19.7. The lowest BCUT2D eigenvalue weighted by molar-refractivity contribution is 0.104. The van der Waals surface area contributed by atoms with Gasteiger partial charge < -0.3 is 9.64 Å². The molecule has 5 heteroatoms. The minimum Gasteiger partial charge on any atom is -0.450 e. The minimum atomic E-state index is -0.244. The summed E-state index contributed by atoms with van der Waals surface area (Å²) in [5, 5.41) is 0.485. The molecule has 1 aliphatic heterocycles. The maximum absolute atomic E-state index is 12.1. The molecular weight excluding hydrogens is 360 g/mol. The number of aromatic nitrogens is 1. The molecule has 2 aromatic rings. The Morgan fingerprint density at radius 3 is 2.78 bits per heavy atom. The predicted octanol–water partition coefficient (Wildman–Crippen LogP) is 4.89. The van der Waals surface area contributed by atoms with E-state index in [1.54, 1.807) is 4.90 Å². The highest BCUT2D eigenvalue weighted by Gasteiger charge is 2.26. The first kappa shape index (κ1) is 16.8. The number of pyridine rings is 1. The fourth-order valence-electron chi connectivity index (χ4n) is 3.98. The van der Waals surface area contributed by atoms with Crippen LogP contribution in [0, 0.1) is 0 Å². The van der Waals surface area contributed by atoms with E-state index in [-0.39, 0.29) is 6.09 Å². The molecule has 0 radical (unpaired) electrons. The Kier molecular flexibility index (Phi) is 4.81. The lowest BCUT2D eigenvalue weighted by Gasteiger charge is -2.29. The number of amides is 1. The molecule has 1 aromatic carbocycles. The number of aryl methyl sites for hydroxylation is 1. The van der Waals surface area contributed by atoms with Gasteiger partial charge >= 0.3 is 6.09 Å². The third-order valence-corrected chi connectivity index (χ3v) is 5.50. The predicted molar refractivity (Wildman–Crippen MR) is 107 cm³/mol. The monoisotopic (exact) mass is 383 g/mol. The van der Waals surface area contributed by atoms with Crippen molar-refractivity contribution in [2.24, 2.45) is 0 Å². The molecule has 140 valence electrons. The Labute approximate surface area is 166 Å². The quantitative estimate of drug-likeness (QED) is 0.704. The van der Waals surface area contributed by atoms with Crippen LogP contribution in [0.4, 0.5) is 4.79 Å². The summed E-state index contributed by atoms with van der Waals surface area (Å²) in [5.41, 5.74) is 6.65. The van der Waals surface area contributed by atoms with Gasteiger partial charge in [-0.15, -0.1) is 0 Å². The van der Waals surface area contributed by atoms with E-state index < -0.39 is 0 Å². The molecule has 0 saturated carbocycles. The van der Waals surface area contributed by atoms with Gasteiger partial charge in [-0.1, -0.05) is 29.3 Å². The molecular formula is C22H23ClN2O2. The molecule has 0 spiro atoms. The van der Waals surface area contributed by atoms with Crippen molar-refractivity contribution in [3.05, 3.63) is 69.5 Å². The van der Waals surface area contributed by atoms with Crippen molar-refractivity contribution in [3.63, 3.8) is 0 Å². The standard InChI is InChI=1S/C22H23ClN2O2/c1-2-27-22(26)25-12-9-15(10-13-25)20-19-8-7-18(23)14-17(19)6-5-16-4-3-11-24-21(16)20/h3-4,7-8,11,14H,2,5-6,9-10,12-13H2,1H3/i14D. The summed E-state index contributed by atoms with van der Waals surface area (Å²) in [6.45, 7) is 3.48. The third kappa shape index (κ3) is 3.59. The lowest BCUT2D eigenvalue weighted by Crippen LogP contribution is -2.37. The van der Waals surface area contributed by atoms with E-state index in [1.165, 1.54) is 11.1 Å². The van der Waals surface area contributed by atoms with Crippen molar-refractivity contribution in [3.8, 4) is 0 Å². The smallest absolute Gasteiger partial charge is 0.409 e. The van der Waals surface area contributed by atoms with Gasteiger partial charge in [0.15, 0.2) is 0 Å². The summed E-state index contributed by atoms with van der Waals surface area (Å²) < 4.78 is 13.6. The van der Waals surface area contributed by atoms with Gasteiger partial charge in [-0.3, -0.25) is 4.98 Å². The molecule has 0 unspecified atom stereocenters. The van der Waals surface area contributed by atoms with Crippen molar-refractivity contribution in [2.45, 2.75) is 32.6 Å². The molecule has 1 saturated heterocycles. The summed E-state index contributed by atoms with van der Waals surface area (Å²) >= 11 is 6.25. The van der Waals surface area contributed by atoms with Gasteiger partial charge in [0.05, 0.1) is 13.7 Å². The summed E-state index contributed by atoms with van der Waals surface area (Å²) in [6, 6.07) is 8.34. The molecule has 4 nitrogen and oxygen atoms in total. The van der Waals surface area contributed by atoms with Gasteiger partial charge in [-0.05, 0) is 67.5 Å². The Hall–Kier alpha value is -2.33. The maximum Gasteiger partial charge on any atom is 0.409 e. The van der Waals surface area contributed by atoms with E-state index in [2.05, 4.69) is 6.07 Å². The van der Waals surface area contributed by atoms with Crippen LogP contribution in [0.15, 0.2) is 42.1 Å².